The number of hydrogen-bond acceptors (Lipinski definition) is 2. The second-order valence-corrected chi connectivity index (χ2v) is 6.35. The second-order valence-electron chi connectivity index (χ2n) is 6.35. The average Bonchev–Trinajstić information content (AvgIpc) is 2.38. The number of rotatable bonds is 2. The SMILES string of the molecule is C=CCN1CC[C@]2(C)c3cc(O)ccc3C[C@H]1[C@@H]2C.Cl. The molecule has 1 aromatic carbocycles. The van der Waals surface area contributed by atoms with Crippen LogP contribution in [0.2, 0.25) is 0 Å². The molecule has 3 heteroatoms. The second kappa shape index (κ2) is 5.42. The third-order valence-electron chi connectivity index (χ3n) is 5.47. The molecule has 1 aliphatic carbocycles. The molecule has 1 N–H and O–H groups in total. The molecule has 110 valence electrons. The van der Waals surface area contributed by atoms with Crippen molar-refractivity contribution in [2.75, 3.05) is 13.1 Å². The van der Waals surface area contributed by atoms with E-state index < -0.39 is 0 Å². The number of nitrogens with zero attached hydrogens (tertiary/aromatic N) is 1. The van der Waals surface area contributed by atoms with Gasteiger partial charge < -0.3 is 5.11 Å². The van der Waals surface area contributed by atoms with Gasteiger partial charge in [0.25, 0.3) is 0 Å². The van der Waals surface area contributed by atoms with Gasteiger partial charge in [-0.1, -0.05) is 26.0 Å². The van der Waals surface area contributed by atoms with E-state index in [9.17, 15) is 5.11 Å². The topological polar surface area (TPSA) is 23.5 Å². The van der Waals surface area contributed by atoms with Crippen molar-refractivity contribution in [3.63, 3.8) is 0 Å². The molecule has 0 amide bonds. The van der Waals surface area contributed by atoms with Gasteiger partial charge in [-0.15, -0.1) is 19.0 Å². The zero-order chi connectivity index (χ0) is 13.6. The van der Waals surface area contributed by atoms with Crippen LogP contribution in [0.25, 0.3) is 0 Å². The Kier molecular flexibility index (Phi) is 4.17. The molecule has 0 spiro atoms. The van der Waals surface area contributed by atoms with Crippen LogP contribution in [0, 0.1) is 5.92 Å². The van der Waals surface area contributed by atoms with Gasteiger partial charge in [-0.25, -0.2) is 0 Å². The summed E-state index contributed by atoms with van der Waals surface area (Å²) in [5, 5.41) is 9.80. The first-order valence-corrected chi connectivity index (χ1v) is 7.23. The van der Waals surface area contributed by atoms with Crippen LogP contribution in [0.1, 0.15) is 31.4 Å². The summed E-state index contributed by atoms with van der Waals surface area (Å²) in [6.45, 7) is 10.7. The molecule has 0 saturated carbocycles. The maximum atomic E-state index is 9.80. The molecule has 1 heterocycles. The number of halogens is 1. The first-order valence-electron chi connectivity index (χ1n) is 7.23. The number of piperidine rings is 1. The molecule has 0 aromatic heterocycles. The van der Waals surface area contributed by atoms with Crippen molar-refractivity contribution in [1.29, 1.82) is 0 Å². The van der Waals surface area contributed by atoms with Gasteiger partial charge in [0, 0.05) is 12.6 Å². The van der Waals surface area contributed by atoms with E-state index in [1.807, 2.05) is 18.2 Å². The fraction of sp³-hybridized carbons (Fsp3) is 0.529. The fourth-order valence-corrected chi connectivity index (χ4v) is 4.09. The van der Waals surface area contributed by atoms with E-state index in [4.69, 9.17) is 0 Å². The number of fused-ring (bicyclic) bond motifs is 4. The summed E-state index contributed by atoms with van der Waals surface area (Å²) in [6.07, 6.45) is 4.27. The molecule has 2 nitrogen and oxygen atoms in total. The van der Waals surface area contributed by atoms with Crippen molar-refractivity contribution >= 4 is 12.4 Å². The Morgan fingerprint density at radius 1 is 1.50 bits per heavy atom. The standard InChI is InChI=1S/C17H23NO.ClH/c1-4-8-18-9-7-17(3)12(2)16(18)10-13-5-6-14(19)11-15(13)17;/h4-6,11-12,16,19H,1,7-10H2,2-3H3;1H/t12-,16-,17-;/m0./s1. The number of likely N-dealkylation sites (tertiary alicyclic amines) is 1. The summed E-state index contributed by atoms with van der Waals surface area (Å²) in [5.74, 6) is 1.02. The molecule has 3 rings (SSSR count). The Morgan fingerprint density at radius 3 is 2.95 bits per heavy atom. The van der Waals surface area contributed by atoms with E-state index in [2.05, 4.69) is 31.4 Å². The van der Waals surface area contributed by atoms with Crippen LogP contribution in [0.4, 0.5) is 0 Å². The molecule has 3 atom stereocenters. The van der Waals surface area contributed by atoms with Crippen LogP contribution in [-0.2, 0) is 11.8 Å². The summed E-state index contributed by atoms with van der Waals surface area (Å²) in [5.41, 5.74) is 2.99. The normalized spacial score (nSPS) is 32.1. The minimum Gasteiger partial charge on any atom is -0.508 e. The van der Waals surface area contributed by atoms with Crippen molar-refractivity contribution < 1.29 is 5.11 Å². The Balaban J connectivity index is 0.00000147. The number of benzene rings is 1. The lowest BCUT2D eigenvalue weighted by Crippen LogP contribution is -2.57. The summed E-state index contributed by atoms with van der Waals surface area (Å²) in [6, 6.07) is 6.53. The molecular weight excluding hydrogens is 270 g/mol. The zero-order valence-corrected chi connectivity index (χ0v) is 13.1. The molecule has 20 heavy (non-hydrogen) atoms. The van der Waals surface area contributed by atoms with E-state index in [1.165, 1.54) is 11.1 Å². The monoisotopic (exact) mass is 293 g/mol. The Hall–Kier alpha value is -0.990. The van der Waals surface area contributed by atoms with Crippen LogP contribution in [0.15, 0.2) is 30.9 Å². The van der Waals surface area contributed by atoms with Gasteiger partial charge in [0.15, 0.2) is 0 Å². The largest absolute Gasteiger partial charge is 0.508 e. The summed E-state index contributed by atoms with van der Waals surface area (Å²) in [7, 11) is 0. The Labute approximate surface area is 127 Å². The maximum Gasteiger partial charge on any atom is 0.115 e. The first kappa shape index (κ1) is 15.4. The van der Waals surface area contributed by atoms with Gasteiger partial charge in [-0.2, -0.15) is 0 Å². The van der Waals surface area contributed by atoms with E-state index in [1.54, 1.807) is 0 Å². The van der Waals surface area contributed by atoms with Crippen LogP contribution < -0.4 is 0 Å². The van der Waals surface area contributed by atoms with Gasteiger partial charge >= 0.3 is 0 Å². The number of aromatic hydroxyl groups is 1. The van der Waals surface area contributed by atoms with Crippen molar-refractivity contribution in [3.05, 3.63) is 42.0 Å². The molecule has 0 radical (unpaired) electrons. The third-order valence-corrected chi connectivity index (χ3v) is 5.47. The molecule has 2 bridgehead atoms. The summed E-state index contributed by atoms with van der Waals surface area (Å²) in [4.78, 5) is 2.56. The zero-order valence-electron chi connectivity index (χ0n) is 12.3. The van der Waals surface area contributed by atoms with Crippen LogP contribution in [-0.4, -0.2) is 29.1 Å². The van der Waals surface area contributed by atoms with Gasteiger partial charge in [-0.3, -0.25) is 4.90 Å². The van der Waals surface area contributed by atoms with Crippen molar-refractivity contribution in [1.82, 2.24) is 4.90 Å². The van der Waals surface area contributed by atoms with Gasteiger partial charge in [0.1, 0.15) is 5.75 Å². The Bertz CT molecular complexity index is 516. The molecule has 1 fully saturated rings. The molecular formula is C17H24ClNO. The van der Waals surface area contributed by atoms with Gasteiger partial charge in [0.05, 0.1) is 0 Å². The van der Waals surface area contributed by atoms with Crippen LogP contribution in [0.3, 0.4) is 0 Å². The lowest BCUT2D eigenvalue weighted by molar-refractivity contribution is 0.0398. The highest BCUT2D eigenvalue weighted by atomic mass is 35.5. The van der Waals surface area contributed by atoms with Crippen molar-refractivity contribution in [2.45, 2.75) is 38.1 Å². The summed E-state index contributed by atoms with van der Waals surface area (Å²) >= 11 is 0. The molecule has 1 aliphatic heterocycles. The number of hydrogen-bond donors (Lipinski definition) is 1. The predicted octanol–water partition coefficient (Wildman–Crippen LogP) is 3.52. The van der Waals surface area contributed by atoms with Crippen molar-refractivity contribution in [3.8, 4) is 5.75 Å². The lowest BCUT2D eigenvalue weighted by atomic mass is 9.59. The van der Waals surface area contributed by atoms with E-state index >= 15 is 0 Å². The average molecular weight is 294 g/mol. The number of phenols is 1. The minimum atomic E-state index is 0. The van der Waals surface area contributed by atoms with E-state index in [-0.39, 0.29) is 17.8 Å². The van der Waals surface area contributed by atoms with Crippen LogP contribution in [0.5, 0.6) is 5.75 Å². The highest BCUT2D eigenvalue weighted by Crippen LogP contribution is 2.49. The van der Waals surface area contributed by atoms with Gasteiger partial charge in [0.2, 0.25) is 0 Å². The highest BCUT2D eigenvalue weighted by molar-refractivity contribution is 5.85. The van der Waals surface area contributed by atoms with E-state index in [0.29, 0.717) is 17.7 Å². The molecule has 1 aromatic rings. The van der Waals surface area contributed by atoms with Crippen molar-refractivity contribution in [2.24, 2.45) is 5.92 Å². The minimum absolute atomic E-state index is 0. The van der Waals surface area contributed by atoms with Crippen LogP contribution >= 0.6 is 12.4 Å². The molecule has 2 aliphatic rings. The lowest BCUT2D eigenvalue weighted by Gasteiger charge is -2.54. The smallest absolute Gasteiger partial charge is 0.115 e. The third kappa shape index (κ3) is 2.15. The maximum absolute atomic E-state index is 9.80. The Morgan fingerprint density at radius 2 is 2.25 bits per heavy atom. The molecule has 1 saturated heterocycles. The first-order chi connectivity index (χ1) is 9.06. The van der Waals surface area contributed by atoms with Gasteiger partial charge in [-0.05, 0) is 54.0 Å². The fourth-order valence-electron chi connectivity index (χ4n) is 4.09. The predicted molar refractivity (Wildman–Crippen MR) is 85.7 cm³/mol. The van der Waals surface area contributed by atoms with E-state index in [0.717, 1.165) is 25.9 Å². The molecule has 0 unspecified atom stereocenters. The quantitative estimate of drug-likeness (QED) is 0.843. The summed E-state index contributed by atoms with van der Waals surface area (Å²) < 4.78 is 0. The number of phenolic OH excluding ortho intramolecular Hbond substituents is 1. The highest BCUT2D eigenvalue weighted by Gasteiger charge is 2.48.